The summed E-state index contributed by atoms with van der Waals surface area (Å²) in [7, 11) is 1.62. The quantitative estimate of drug-likeness (QED) is 0.428. The van der Waals surface area contributed by atoms with Crippen LogP contribution in [0.3, 0.4) is 0 Å². The van der Waals surface area contributed by atoms with Gasteiger partial charge in [0.15, 0.2) is 5.78 Å². The van der Waals surface area contributed by atoms with Gasteiger partial charge in [-0.25, -0.2) is 0 Å². The molecule has 4 nitrogen and oxygen atoms in total. The Bertz CT molecular complexity index is 1070. The van der Waals surface area contributed by atoms with Gasteiger partial charge in [0.05, 0.1) is 12.7 Å². The molecule has 0 radical (unpaired) electrons. The number of benzene rings is 3. The predicted molar refractivity (Wildman–Crippen MR) is 110 cm³/mol. The van der Waals surface area contributed by atoms with Crippen LogP contribution >= 0.6 is 0 Å². The molecule has 0 saturated carbocycles. The number of methoxy groups -OCH3 is 1. The van der Waals surface area contributed by atoms with Gasteiger partial charge in [0.25, 0.3) is 0 Å². The second kappa shape index (κ2) is 7.84. The van der Waals surface area contributed by atoms with Gasteiger partial charge < -0.3 is 14.5 Å². The minimum Gasteiger partial charge on any atom is -0.497 e. The molecule has 138 valence electrons. The van der Waals surface area contributed by atoms with Crippen LogP contribution < -0.4 is 10.1 Å². The van der Waals surface area contributed by atoms with E-state index in [1.165, 1.54) is 0 Å². The maximum Gasteiger partial charge on any atom is 0.209 e. The fourth-order valence-corrected chi connectivity index (χ4v) is 2.95. The van der Waals surface area contributed by atoms with E-state index >= 15 is 0 Å². The standard InChI is InChI=1S/C24H19NO3/c1-27-20-14-12-19(13-15-20)25-24-21(23(26)18-10-6-3-7-11-18)16-22(28-24)17-8-4-2-5-9-17/h2-16,25H,1H3. The lowest BCUT2D eigenvalue weighted by Crippen LogP contribution is -2.03. The number of ketones is 1. The normalized spacial score (nSPS) is 10.5. The Labute approximate surface area is 163 Å². The zero-order chi connectivity index (χ0) is 19.3. The molecule has 0 aliphatic rings. The summed E-state index contributed by atoms with van der Waals surface area (Å²) in [5, 5.41) is 3.22. The summed E-state index contributed by atoms with van der Waals surface area (Å²) in [5.74, 6) is 1.71. The highest BCUT2D eigenvalue weighted by atomic mass is 16.5. The molecular formula is C24H19NO3. The van der Waals surface area contributed by atoms with Gasteiger partial charge in [-0.05, 0) is 30.3 Å². The van der Waals surface area contributed by atoms with E-state index in [0.29, 0.717) is 22.8 Å². The van der Waals surface area contributed by atoms with Crippen molar-refractivity contribution in [3.8, 4) is 17.1 Å². The second-order valence-electron chi connectivity index (χ2n) is 6.27. The van der Waals surface area contributed by atoms with Crippen LogP contribution in [0.2, 0.25) is 0 Å². The van der Waals surface area contributed by atoms with Gasteiger partial charge in [-0.2, -0.15) is 0 Å². The van der Waals surface area contributed by atoms with E-state index in [1.807, 2.05) is 72.8 Å². The molecule has 4 aromatic rings. The number of anilines is 2. The van der Waals surface area contributed by atoms with Crippen LogP contribution in [0.5, 0.6) is 5.75 Å². The van der Waals surface area contributed by atoms with E-state index in [4.69, 9.17) is 9.15 Å². The summed E-state index contributed by atoms with van der Waals surface area (Å²) in [4.78, 5) is 13.1. The molecule has 0 unspecified atom stereocenters. The van der Waals surface area contributed by atoms with Crippen molar-refractivity contribution in [3.63, 3.8) is 0 Å². The zero-order valence-electron chi connectivity index (χ0n) is 15.4. The molecule has 1 heterocycles. The van der Waals surface area contributed by atoms with Crippen molar-refractivity contribution in [2.45, 2.75) is 0 Å². The minimum absolute atomic E-state index is 0.0949. The zero-order valence-corrected chi connectivity index (χ0v) is 15.4. The Balaban J connectivity index is 1.74. The number of nitrogens with one attached hydrogen (secondary N) is 1. The van der Waals surface area contributed by atoms with Crippen LogP contribution in [0, 0.1) is 0 Å². The Morgan fingerprint density at radius 3 is 2.14 bits per heavy atom. The van der Waals surface area contributed by atoms with Crippen molar-refractivity contribution in [1.82, 2.24) is 0 Å². The van der Waals surface area contributed by atoms with Crippen molar-refractivity contribution in [3.05, 3.63) is 102 Å². The molecule has 0 aliphatic carbocycles. The number of hydrogen-bond acceptors (Lipinski definition) is 4. The molecule has 0 atom stereocenters. The molecule has 0 saturated heterocycles. The second-order valence-corrected chi connectivity index (χ2v) is 6.27. The minimum atomic E-state index is -0.0949. The topological polar surface area (TPSA) is 51.5 Å². The van der Waals surface area contributed by atoms with Crippen LogP contribution in [0.25, 0.3) is 11.3 Å². The van der Waals surface area contributed by atoms with Crippen molar-refractivity contribution in [2.75, 3.05) is 12.4 Å². The number of ether oxygens (including phenoxy) is 1. The lowest BCUT2D eigenvalue weighted by Gasteiger charge is -2.07. The van der Waals surface area contributed by atoms with E-state index in [-0.39, 0.29) is 5.78 Å². The average molecular weight is 369 g/mol. The maximum atomic E-state index is 13.1. The summed E-state index contributed by atoms with van der Waals surface area (Å²) in [6.07, 6.45) is 0. The summed E-state index contributed by atoms with van der Waals surface area (Å²) in [5.41, 5.74) is 2.81. The first-order valence-corrected chi connectivity index (χ1v) is 8.94. The lowest BCUT2D eigenvalue weighted by atomic mass is 10.0. The molecule has 28 heavy (non-hydrogen) atoms. The Morgan fingerprint density at radius 2 is 1.50 bits per heavy atom. The number of hydrogen-bond donors (Lipinski definition) is 1. The van der Waals surface area contributed by atoms with Crippen LogP contribution in [0.15, 0.2) is 95.4 Å². The highest BCUT2D eigenvalue weighted by molar-refractivity contribution is 6.12. The fourth-order valence-electron chi connectivity index (χ4n) is 2.95. The highest BCUT2D eigenvalue weighted by Gasteiger charge is 2.20. The van der Waals surface area contributed by atoms with Crippen molar-refractivity contribution in [1.29, 1.82) is 0 Å². The smallest absolute Gasteiger partial charge is 0.209 e. The molecule has 0 bridgehead atoms. The summed E-state index contributed by atoms with van der Waals surface area (Å²) < 4.78 is 11.2. The number of rotatable bonds is 6. The van der Waals surface area contributed by atoms with Gasteiger partial charge in [0, 0.05) is 16.8 Å². The number of furan rings is 1. The number of carbonyl (C=O) groups excluding carboxylic acids is 1. The van der Waals surface area contributed by atoms with Crippen LogP contribution in [0.1, 0.15) is 15.9 Å². The summed E-state index contributed by atoms with van der Waals surface area (Å²) in [6, 6.07) is 28.1. The van der Waals surface area contributed by atoms with E-state index in [2.05, 4.69) is 5.32 Å². The first-order valence-electron chi connectivity index (χ1n) is 8.94. The maximum absolute atomic E-state index is 13.1. The summed E-state index contributed by atoms with van der Waals surface area (Å²) in [6.45, 7) is 0. The van der Waals surface area contributed by atoms with Gasteiger partial charge in [-0.3, -0.25) is 4.79 Å². The SMILES string of the molecule is COc1ccc(Nc2oc(-c3ccccc3)cc2C(=O)c2ccccc2)cc1. The molecule has 0 aliphatic heterocycles. The Kier molecular flexibility index (Phi) is 4.93. The fraction of sp³-hybridized carbons (Fsp3) is 0.0417. The number of carbonyl (C=O) groups is 1. The third kappa shape index (κ3) is 3.67. The van der Waals surface area contributed by atoms with Crippen molar-refractivity contribution < 1.29 is 13.9 Å². The van der Waals surface area contributed by atoms with Gasteiger partial charge in [0.1, 0.15) is 11.5 Å². The van der Waals surface area contributed by atoms with E-state index < -0.39 is 0 Å². The molecule has 4 rings (SSSR count). The molecule has 1 aromatic heterocycles. The third-order valence-electron chi connectivity index (χ3n) is 4.42. The molecule has 1 N–H and O–H groups in total. The highest BCUT2D eigenvalue weighted by Crippen LogP contribution is 2.33. The van der Waals surface area contributed by atoms with Gasteiger partial charge in [-0.15, -0.1) is 0 Å². The van der Waals surface area contributed by atoms with Crippen LogP contribution in [-0.2, 0) is 0 Å². The Hall–Kier alpha value is -3.79. The van der Waals surface area contributed by atoms with Gasteiger partial charge >= 0.3 is 0 Å². The Morgan fingerprint density at radius 1 is 0.857 bits per heavy atom. The van der Waals surface area contributed by atoms with Gasteiger partial charge in [0.2, 0.25) is 5.88 Å². The summed E-state index contributed by atoms with van der Waals surface area (Å²) >= 11 is 0. The average Bonchev–Trinajstić information content (AvgIpc) is 3.19. The molecule has 3 aromatic carbocycles. The van der Waals surface area contributed by atoms with E-state index in [1.54, 1.807) is 25.3 Å². The van der Waals surface area contributed by atoms with Gasteiger partial charge in [-0.1, -0.05) is 60.7 Å². The first-order chi connectivity index (χ1) is 13.7. The molecule has 0 amide bonds. The van der Waals surface area contributed by atoms with Crippen molar-refractivity contribution in [2.24, 2.45) is 0 Å². The predicted octanol–water partition coefficient (Wildman–Crippen LogP) is 5.93. The van der Waals surface area contributed by atoms with E-state index in [9.17, 15) is 4.79 Å². The molecular weight excluding hydrogens is 350 g/mol. The largest absolute Gasteiger partial charge is 0.497 e. The first kappa shape index (κ1) is 17.6. The lowest BCUT2D eigenvalue weighted by molar-refractivity contribution is 0.103. The van der Waals surface area contributed by atoms with Crippen LogP contribution in [0.4, 0.5) is 11.6 Å². The third-order valence-corrected chi connectivity index (χ3v) is 4.42. The van der Waals surface area contributed by atoms with Crippen LogP contribution in [-0.4, -0.2) is 12.9 Å². The monoisotopic (exact) mass is 369 g/mol. The van der Waals surface area contributed by atoms with Crippen molar-refractivity contribution >= 4 is 17.4 Å². The molecule has 4 heteroatoms. The van der Waals surface area contributed by atoms with E-state index in [0.717, 1.165) is 17.0 Å². The molecule has 0 spiro atoms. The molecule has 0 fully saturated rings.